The lowest BCUT2D eigenvalue weighted by molar-refractivity contribution is -0.0608. The summed E-state index contributed by atoms with van der Waals surface area (Å²) in [5.41, 5.74) is 1.76. The van der Waals surface area contributed by atoms with Crippen LogP contribution in [-0.4, -0.2) is 51.6 Å². The van der Waals surface area contributed by atoms with Gasteiger partial charge in [0, 0.05) is 12.2 Å². The van der Waals surface area contributed by atoms with Crippen LogP contribution in [-0.2, 0) is 16.1 Å². The van der Waals surface area contributed by atoms with E-state index >= 15 is 0 Å². The van der Waals surface area contributed by atoms with Gasteiger partial charge in [-0.15, -0.1) is 0 Å². The molecule has 2 aromatic rings. The van der Waals surface area contributed by atoms with Crippen LogP contribution in [0.2, 0.25) is 0 Å². The topological polar surface area (TPSA) is 115 Å². The van der Waals surface area contributed by atoms with Crippen LogP contribution in [0, 0.1) is 13.8 Å². The van der Waals surface area contributed by atoms with Crippen molar-refractivity contribution in [1.82, 2.24) is 25.7 Å². The third-order valence-corrected chi connectivity index (χ3v) is 3.86. The Labute approximate surface area is 132 Å². The number of rotatable bonds is 5. The van der Waals surface area contributed by atoms with Gasteiger partial charge in [-0.2, -0.15) is 5.10 Å². The van der Waals surface area contributed by atoms with E-state index in [9.17, 15) is 4.79 Å². The van der Waals surface area contributed by atoms with Crippen LogP contribution in [0.15, 0.2) is 10.9 Å². The second kappa shape index (κ2) is 6.88. The minimum Gasteiger partial charge on any atom is -0.379 e. The molecule has 23 heavy (non-hydrogen) atoms. The maximum atomic E-state index is 12.1. The van der Waals surface area contributed by atoms with Crippen LogP contribution in [0.4, 0.5) is 0 Å². The predicted molar refractivity (Wildman–Crippen MR) is 77.6 cm³/mol. The summed E-state index contributed by atoms with van der Waals surface area (Å²) in [4.78, 5) is 15.9. The highest BCUT2D eigenvalue weighted by atomic mass is 16.5. The van der Waals surface area contributed by atoms with Crippen molar-refractivity contribution in [3.8, 4) is 0 Å². The summed E-state index contributed by atoms with van der Waals surface area (Å²) in [6, 6.07) is -0.248. The zero-order valence-electron chi connectivity index (χ0n) is 13.0. The van der Waals surface area contributed by atoms with Gasteiger partial charge in [-0.3, -0.25) is 9.89 Å². The smallest absolute Gasteiger partial charge is 0.288 e. The monoisotopic (exact) mass is 321 g/mol. The Kier molecular flexibility index (Phi) is 4.68. The van der Waals surface area contributed by atoms with Crippen LogP contribution in [0.25, 0.3) is 0 Å². The molecule has 0 radical (unpaired) electrons. The summed E-state index contributed by atoms with van der Waals surface area (Å²) in [5.74, 6) is 0.584. The molecule has 9 nitrogen and oxygen atoms in total. The predicted octanol–water partition coefficient (Wildman–Crippen LogP) is 0.514. The number of hydrogen-bond acceptors (Lipinski definition) is 7. The second-order valence-corrected chi connectivity index (χ2v) is 5.43. The van der Waals surface area contributed by atoms with E-state index in [1.165, 1.54) is 6.33 Å². The van der Waals surface area contributed by atoms with Gasteiger partial charge in [0.05, 0.1) is 31.1 Å². The van der Waals surface area contributed by atoms with Crippen molar-refractivity contribution in [2.24, 2.45) is 0 Å². The van der Waals surface area contributed by atoms with E-state index in [0.29, 0.717) is 26.2 Å². The molecule has 3 rings (SSSR count). The first-order chi connectivity index (χ1) is 11.1. The van der Waals surface area contributed by atoms with Gasteiger partial charge in [-0.25, -0.2) is 4.98 Å². The molecule has 1 aliphatic rings. The molecular formula is C14H19N5O4. The van der Waals surface area contributed by atoms with Crippen molar-refractivity contribution in [1.29, 1.82) is 0 Å². The molecule has 2 aromatic heterocycles. The first-order valence-electron chi connectivity index (χ1n) is 7.42. The van der Waals surface area contributed by atoms with Crippen LogP contribution in [0.3, 0.4) is 0 Å². The summed E-state index contributed by atoms with van der Waals surface area (Å²) < 4.78 is 16.6. The molecule has 124 valence electrons. The van der Waals surface area contributed by atoms with E-state index in [-0.39, 0.29) is 23.9 Å². The Balaban J connectivity index is 1.61. The second-order valence-electron chi connectivity index (χ2n) is 5.43. The zero-order chi connectivity index (χ0) is 16.2. The van der Waals surface area contributed by atoms with Crippen molar-refractivity contribution < 1.29 is 18.8 Å². The number of carbonyl (C=O) groups excluding carboxylic acids is 1. The normalized spacial score (nSPS) is 21.3. The standard InChI is InChI=1S/C14H19N5O4/c1-8-10(9(2)23-19-8)5-22-12-3-4-21-6-11(12)17-14(20)13-15-7-16-18-13/h7,11-12H,3-6H2,1-2H3,(H,17,20)(H,15,16,18)/t11-,12+/m1/s1. The Hall–Kier alpha value is -2.26. The van der Waals surface area contributed by atoms with Crippen LogP contribution >= 0.6 is 0 Å². The number of nitrogens with zero attached hydrogens (tertiary/aromatic N) is 3. The van der Waals surface area contributed by atoms with Gasteiger partial charge in [-0.05, 0) is 20.3 Å². The fourth-order valence-electron chi connectivity index (χ4n) is 2.50. The largest absolute Gasteiger partial charge is 0.379 e. The molecule has 3 heterocycles. The molecule has 1 saturated heterocycles. The molecule has 0 aromatic carbocycles. The van der Waals surface area contributed by atoms with E-state index in [2.05, 4.69) is 25.7 Å². The first kappa shape index (κ1) is 15.6. The van der Waals surface area contributed by atoms with Gasteiger partial charge < -0.3 is 19.3 Å². The van der Waals surface area contributed by atoms with Crippen molar-refractivity contribution in [3.05, 3.63) is 29.2 Å². The molecule has 0 aliphatic carbocycles. The Morgan fingerprint density at radius 3 is 3.09 bits per heavy atom. The third-order valence-electron chi connectivity index (χ3n) is 3.86. The number of aromatic amines is 1. The summed E-state index contributed by atoms with van der Waals surface area (Å²) >= 11 is 0. The van der Waals surface area contributed by atoms with Crippen molar-refractivity contribution in [3.63, 3.8) is 0 Å². The maximum absolute atomic E-state index is 12.1. The Bertz CT molecular complexity index is 635. The van der Waals surface area contributed by atoms with Gasteiger partial charge in [-0.1, -0.05) is 5.16 Å². The average Bonchev–Trinajstić information content (AvgIpc) is 3.18. The number of H-pyrrole nitrogens is 1. The molecule has 2 atom stereocenters. The highest BCUT2D eigenvalue weighted by Crippen LogP contribution is 2.18. The molecule has 0 bridgehead atoms. The molecular weight excluding hydrogens is 302 g/mol. The molecule has 0 unspecified atom stereocenters. The lowest BCUT2D eigenvalue weighted by Gasteiger charge is -2.31. The minimum atomic E-state index is -0.330. The van der Waals surface area contributed by atoms with Crippen LogP contribution < -0.4 is 5.32 Å². The number of aromatic nitrogens is 4. The Morgan fingerprint density at radius 2 is 2.39 bits per heavy atom. The van der Waals surface area contributed by atoms with E-state index in [4.69, 9.17) is 14.0 Å². The summed E-state index contributed by atoms with van der Waals surface area (Å²) in [5, 5.41) is 13.0. The highest BCUT2D eigenvalue weighted by molar-refractivity contribution is 5.90. The summed E-state index contributed by atoms with van der Waals surface area (Å²) in [6.07, 6.45) is 1.84. The molecule has 1 aliphatic heterocycles. The Morgan fingerprint density at radius 1 is 1.52 bits per heavy atom. The quantitative estimate of drug-likeness (QED) is 0.824. The first-order valence-corrected chi connectivity index (χ1v) is 7.42. The van der Waals surface area contributed by atoms with Gasteiger partial charge in [0.15, 0.2) is 0 Å². The molecule has 1 amide bonds. The van der Waals surface area contributed by atoms with E-state index in [1.807, 2.05) is 13.8 Å². The fourth-order valence-corrected chi connectivity index (χ4v) is 2.50. The summed E-state index contributed by atoms with van der Waals surface area (Å²) in [7, 11) is 0. The molecule has 2 N–H and O–H groups in total. The number of hydrogen-bond donors (Lipinski definition) is 2. The molecule has 0 spiro atoms. The van der Waals surface area contributed by atoms with Gasteiger partial charge in [0.1, 0.15) is 12.1 Å². The molecule has 9 heteroatoms. The average molecular weight is 321 g/mol. The SMILES string of the molecule is Cc1noc(C)c1CO[C@H]1CCOC[C@H]1NC(=O)c1ncn[nH]1. The number of carbonyl (C=O) groups is 1. The van der Waals surface area contributed by atoms with E-state index in [0.717, 1.165) is 17.0 Å². The van der Waals surface area contributed by atoms with Gasteiger partial charge in [0.25, 0.3) is 5.91 Å². The maximum Gasteiger partial charge on any atom is 0.288 e. The highest BCUT2D eigenvalue weighted by Gasteiger charge is 2.29. The zero-order valence-corrected chi connectivity index (χ0v) is 13.0. The van der Waals surface area contributed by atoms with Crippen molar-refractivity contribution in [2.45, 2.75) is 39.0 Å². The minimum absolute atomic E-state index is 0.149. The van der Waals surface area contributed by atoms with E-state index in [1.54, 1.807) is 0 Å². The van der Waals surface area contributed by atoms with Gasteiger partial charge in [0.2, 0.25) is 5.82 Å². The lowest BCUT2D eigenvalue weighted by Crippen LogP contribution is -2.50. The number of amides is 1. The number of aryl methyl sites for hydroxylation is 2. The third kappa shape index (κ3) is 3.57. The van der Waals surface area contributed by atoms with Crippen LogP contribution in [0.1, 0.15) is 34.1 Å². The van der Waals surface area contributed by atoms with Gasteiger partial charge >= 0.3 is 0 Å². The van der Waals surface area contributed by atoms with Crippen LogP contribution in [0.5, 0.6) is 0 Å². The van der Waals surface area contributed by atoms with Crippen molar-refractivity contribution >= 4 is 5.91 Å². The lowest BCUT2D eigenvalue weighted by atomic mass is 10.1. The molecule has 1 fully saturated rings. The number of ether oxygens (including phenoxy) is 2. The number of nitrogens with one attached hydrogen (secondary N) is 2. The fraction of sp³-hybridized carbons (Fsp3) is 0.571. The van der Waals surface area contributed by atoms with E-state index < -0.39 is 0 Å². The summed E-state index contributed by atoms with van der Waals surface area (Å²) in [6.45, 7) is 5.11. The van der Waals surface area contributed by atoms with Crippen molar-refractivity contribution in [2.75, 3.05) is 13.2 Å². The molecule has 0 saturated carbocycles.